The van der Waals surface area contributed by atoms with E-state index < -0.39 is 10.0 Å². The van der Waals surface area contributed by atoms with E-state index in [-0.39, 0.29) is 11.9 Å². The molecule has 0 spiro atoms. The molecule has 0 aliphatic rings. The fourth-order valence-electron chi connectivity index (χ4n) is 3.66. The lowest BCUT2D eigenvalue weighted by atomic mass is 10.1. The first-order chi connectivity index (χ1) is 16.7. The molecule has 9 heteroatoms. The van der Waals surface area contributed by atoms with Crippen molar-refractivity contribution in [1.29, 1.82) is 0 Å². The molecule has 2 N–H and O–H groups in total. The van der Waals surface area contributed by atoms with Crippen LogP contribution < -0.4 is 14.8 Å². The summed E-state index contributed by atoms with van der Waals surface area (Å²) in [6, 6.07) is 23.5. The van der Waals surface area contributed by atoms with E-state index in [0.717, 1.165) is 23.1 Å². The SMILES string of the molecule is COc1ccc(-c2nn(-c3ccccc3)cc2C(=O)N[C@H](C)c2cccc(NS(C)(=O)=O)c2)cc1. The van der Waals surface area contributed by atoms with E-state index in [1.807, 2.05) is 67.6 Å². The second-order valence-corrected chi connectivity index (χ2v) is 9.84. The minimum atomic E-state index is -3.41. The second-order valence-electron chi connectivity index (χ2n) is 8.09. The first kappa shape index (κ1) is 24.0. The van der Waals surface area contributed by atoms with Crippen molar-refractivity contribution in [2.45, 2.75) is 13.0 Å². The third-order valence-corrected chi connectivity index (χ3v) is 5.99. The number of methoxy groups -OCH3 is 1. The Bertz CT molecular complexity index is 1430. The molecule has 8 nitrogen and oxygen atoms in total. The van der Waals surface area contributed by atoms with E-state index in [1.54, 1.807) is 36.2 Å². The first-order valence-electron chi connectivity index (χ1n) is 10.9. The molecule has 0 aliphatic heterocycles. The summed E-state index contributed by atoms with van der Waals surface area (Å²) in [5, 5.41) is 7.71. The van der Waals surface area contributed by atoms with Gasteiger partial charge in [-0.2, -0.15) is 5.10 Å². The van der Waals surface area contributed by atoms with Gasteiger partial charge in [-0.3, -0.25) is 9.52 Å². The Balaban J connectivity index is 1.65. The predicted octanol–water partition coefficient (Wildman–Crippen LogP) is 4.41. The maximum absolute atomic E-state index is 13.4. The monoisotopic (exact) mass is 490 g/mol. The number of amides is 1. The van der Waals surface area contributed by atoms with Crippen LogP contribution in [0.15, 0.2) is 85.1 Å². The van der Waals surface area contributed by atoms with E-state index in [1.165, 1.54) is 0 Å². The van der Waals surface area contributed by atoms with Gasteiger partial charge in [0, 0.05) is 17.4 Å². The summed E-state index contributed by atoms with van der Waals surface area (Å²) < 4.78 is 32.5. The van der Waals surface area contributed by atoms with Crippen molar-refractivity contribution >= 4 is 21.6 Å². The molecule has 0 radical (unpaired) electrons. The summed E-state index contributed by atoms with van der Waals surface area (Å²) in [5.74, 6) is 0.408. The van der Waals surface area contributed by atoms with E-state index in [2.05, 4.69) is 10.0 Å². The summed E-state index contributed by atoms with van der Waals surface area (Å²) in [5.41, 5.74) is 3.74. The molecule has 4 aromatic rings. The number of para-hydroxylation sites is 1. The lowest BCUT2D eigenvalue weighted by Crippen LogP contribution is -2.27. The maximum atomic E-state index is 13.4. The second kappa shape index (κ2) is 10.0. The van der Waals surface area contributed by atoms with E-state index >= 15 is 0 Å². The lowest BCUT2D eigenvalue weighted by Gasteiger charge is -2.16. The molecule has 0 saturated heterocycles. The van der Waals surface area contributed by atoms with Crippen LogP contribution in [-0.2, 0) is 10.0 Å². The zero-order chi connectivity index (χ0) is 25.0. The van der Waals surface area contributed by atoms with Gasteiger partial charge in [0.25, 0.3) is 5.91 Å². The Morgan fingerprint density at radius 2 is 1.71 bits per heavy atom. The van der Waals surface area contributed by atoms with Gasteiger partial charge in [-0.1, -0.05) is 30.3 Å². The number of anilines is 1. The molecule has 35 heavy (non-hydrogen) atoms. The third-order valence-electron chi connectivity index (χ3n) is 5.38. The van der Waals surface area contributed by atoms with E-state index in [9.17, 15) is 13.2 Å². The number of ether oxygens (including phenoxy) is 1. The van der Waals surface area contributed by atoms with Gasteiger partial charge in [-0.05, 0) is 61.0 Å². The van der Waals surface area contributed by atoms with Gasteiger partial charge in [-0.15, -0.1) is 0 Å². The van der Waals surface area contributed by atoms with Crippen molar-refractivity contribution < 1.29 is 17.9 Å². The van der Waals surface area contributed by atoms with Crippen LogP contribution in [0.5, 0.6) is 5.75 Å². The van der Waals surface area contributed by atoms with Crippen LogP contribution in [0.4, 0.5) is 5.69 Å². The molecule has 3 aromatic carbocycles. The molecule has 1 atom stereocenters. The summed E-state index contributed by atoms with van der Waals surface area (Å²) in [4.78, 5) is 13.4. The van der Waals surface area contributed by atoms with Crippen molar-refractivity contribution in [2.75, 3.05) is 18.1 Å². The molecule has 1 heterocycles. The minimum absolute atomic E-state index is 0.299. The quantitative estimate of drug-likeness (QED) is 0.381. The largest absolute Gasteiger partial charge is 0.497 e. The molecule has 1 amide bonds. The van der Waals surface area contributed by atoms with Crippen molar-refractivity contribution in [3.05, 3.63) is 96.2 Å². The molecule has 0 saturated carbocycles. The minimum Gasteiger partial charge on any atom is -0.497 e. The molecule has 1 aromatic heterocycles. The summed E-state index contributed by atoms with van der Waals surface area (Å²) in [6.45, 7) is 1.84. The lowest BCUT2D eigenvalue weighted by molar-refractivity contribution is 0.0940. The highest BCUT2D eigenvalue weighted by atomic mass is 32.2. The molecule has 180 valence electrons. The van der Waals surface area contributed by atoms with Crippen LogP contribution in [0.3, 0.4) is 0 Å². The van der Waals surface area contributed by atoms with E-state index in [4.69, 9.17) is 9.84 Å². The van der Waals surface area contributed by atoms with Gasteiger partial charge in [0.15, 0.2) is 0 Å². The zero-order valence-electron chi connectivity index (χ0n) is 19.6. The standard InChI is InChI=1S/C26H26N4O4S/c1-18(20-8-7-9-21(16-20)29-35(3,32)33)27-26(31)24-17-30(22-10-5-4-6-11-22)28-25(24)19-12-14-23(34-2)15-13-19/h4-18,29H,1-3H3,(H,27,31)/t18-/m1/s1. The Labute approximate surface area is 204 Å². The highest BCUT2D eigenvalue weighted by molar-refractivity contribution is 7.92. The summed E-state index contributed by atoms with van der Waals surface area (Å²) in [7, 11) is -1.81. The van der Waals surface area contributed by atoms with Gasteiger partial charge in [0.1, 0.15) is 11.4 Å². The Hall–Kier alpha value is -4.11. The number of carbonyl (C=O) groups excluding carboxylic acids is 1. The van der Waals surface area contributed by atoms with Crippen LogP contribution in [0.1, 0.15) is 28.9 Å². The van der Waals surface area contributed by atoms with Gasteiger partial charge in [-0.25, -0.2) is 13.1 Å². The Kier molecular flexibility index (Phi) is 6.88. The molecule has 0 aliphatic carbocycles. The van der Waals surface area contributed by atoms with Crippen LogP contribution >= 0.6 is 0 Å². The van der Waals surface area contributed by atoms with Crippen molar-refractivity contribution in [3.8, 4) is 22.7 Å². The van der Waals surface area contributed by atoms with Gasteiger partial charge < -0.3 is 10.1 Å². The van der Waals surface area contributed by atoms with Crippen molar-refractivity contribution in [1.82, 2.24) is 15.1 Å². The Morgan fingerprint density at radius 1 is 1.00 bits per heavy atom. The molecule has 0 fully saturated rings. The number of nitrogens with zero attached hydrogens (tertiary/aromatic N) is 2. The fraction of sp³-hybridized carbons (Fsp3) is 0.154. The average molecular weight is 491 g/mol. The third kappa shape index (κ3) is 5.88. The number of carbonyl (C=O) groups is 1. The predicted molar refractivity (Wildman–Crippen MR) is 136 cm³/mol. The van der Waals surface area contributed by atoms with Gasteiger partial charge >= 0.3 is 0 Å². The fourth-order valence-corrected chi connectivity index (χ4v) is 4.21. The zero-order valence-corrected chi connectivity index (χ0v) is 20.4. The molecular formula is C26H26N4O4S. The van der Waals surface area contributed by atoms with E-state index in [0.29, 0.717) is 22.7 Å². The number of hydrogen-bond acceptors (Lipinski definition) is 5. The number of nitrogens with one attached hydrogen (secondary N) is 2. The van der Waals surface area contributed by atoms with Crippen molar-refractivity contribution in [3.63, 3.8) is 0 Å². The van der Waals surface area contributed by atoms with Gasteiger partial charge in [0.2, 0.25) is 10.0 Å². The Morgan fingerprint density at radius 3 is 2.37 bits per heavy atom. The molecule has 0 bridgehead atoms. The molecular weight excluding hydrogens is 464 g/mol. The van der Waals surface area contributed by atoms with Crippen LogP contribution in [0.25, 0.3) is 16.9 Å². The molecule has 4 rings (SSSR count). The van der Waals surface area contributed by atoms with Crippen LogP contribution in [0, 0.1) is 0 Å². The molecule has 0 unspecified atom stereocenters. The van der Waals surface area contributed by atoms with Crippen molar-refractivity contribution in [2.24, 2.45) is 0 Å². The van der Waals surface area contributed by atoms with Crippen LogP contribution in [-0.4, -0.2) is 37.5 Å². The number of rotatable bonds is 8. The average Bonchev–Trinajstić information content (AvgIpc) is 3.29. The van der Waals surface area contributed by atoms with Crippen LogP contribution in [0.2, 0.25) is 0 Å². The van der Waals surface area contributed by atoms with Gasteiger partial charge in [0.05, 0.1) is 30.7 Å². The number of hydrogen-bond donors (Lipinski definition) is 2. The maximum Gasteiger partial charge on any atom is 0.255 e. The normalized spacial score (nSPS) is 12.1. The summed E-state index contributed by atoms with van der Waals surface area (Å²) >= 11 is 0. The number of benzene rings is 3. The smallest absolute Gasteiger partial charge is 0.255 e. The number of aromatic nitrogens is 2. The first-order valence-corrected chi connectivity index (χ1v) is 12.8. The highest BCUT2D eigenvalue weighted by Gasteiger charge is 2.21. The summed E-state index contributed by atoms with van der Waals surface area (Å²) in [6.07, 6.45) is 2.80. The highest BCUT2D eigenvalue weighted by Crippen LogP contribution is 2.27. The number of sulfonamides is 1. The topological polar surface area (TPSA) is 102 Å².